The van der Waals surface area contributed by atoms with Crippen LogP contribution in [0, 0.1) is 5.82 Å². The van der Waals surface area contributed by atoms with E-state index >= 15 is 0 Å². The number of aromatic nitrogens is 1. The van der Waals surface area contributed by atoms with Gasteiger partial charge in [0, 0.05) is 11.1 Å². The van der Waals surface area contributed by atoms with Crippen LogP contribution in [-0.2, 0) is 5.54 Å². The number of hydrogen-bond donors (Lipinski definition) is 1. The Morgan fingerprint density at radius 3 is 2.53 bits per heavy atom. The summed E-state index contributed by atoms with van der Waals surface area (Å²) in [4.78, 5) is 4.32. The SMILES string of the molecule is C[C@@]1(c2cc(Cl)nc(-c3ccc(F)cc3)c2)CCN1. The zero-order valence-corrected chi connectivity index (χ0v) is 11.3. The molecular weight excluding hydrogens is 263 g/mol. The molecule has 0 saturated carbocycles. The Hall–Kier alpha value is -1.45. The molecule has 1 atom stereocenters. The Labute approximate surface area is 116 Å². The molecule has 4 heteroatoms. The molecular formula is C15H14ClFN2. The molecule has 98 valence electrons. The molecule has 1 aliphatic heterocycles. The predicted octanol–water partition coefficient (Wildman–Crippen LogP) is 3.75. The highest BCUT2D eigenvalue weighted by atomic mass is 35.5. The zero-order chi connectivity index (χ0) is 13.5. The summed E-state index contributed by atoms with van der Waals surface area (Å²) in [5.41, 5.74) is 2.74. The molecule has 0 spiro atoms. The van der Waals surface area contributed by atoms with Gasteiger partial charge in [0.1, 0.15) is 11.0 Å². The Balaban J connectivity index is 2.04. The van der Waals surface area contributed by atoms with Gasteiger partial charge in [0.2, 0.25) is 0 Å². The van der Waals surface area contributed by atoms with Crippen molar-refractivity contribution in [3.8, 4) is 11.3 Å². The molecule has 1 aromatic heterocycles. The predicted molar refractivity (Wildman–Crippen MR) is 74.6 cm³/mol. The normalized spacial score (nSPS) is 22.1. The Morgan fingerprint density at radius 2 is 1.95 bits per heavy atom. The van der Waals surface area contributed by atoms with E-state index in [1.54, 1.807) is 12.1 Å². The van der Waals surface area contributed by atoms with Gasteiger partial charge in [-0.2, -0.15) is 0 Å². The van der Waals surface area contributed by atoms with Crippen LogP contribution in [0.3, 0.4) is 0 Å². The zero-order valence-electron chi connectivity index (χ0n) is 10.6. The van der Waals surface area contributed by atoms with E-state index in [9.17, 15) is 4.39 Å². The minimum Gasteiger partial charge on any atom is -0.307 e. The topological polar surface area (TPSA) is 24.9 Å². The molecule has 2 heterocycles. The molecule has 2 aromatic rings. The van der Waals surface area contributed by atoms with Gasteiger partial charge in [0.15, 0.2) is 0 Å². The Kier molecular flexibility index (Phi) is 3.03. The van der Waals surface area contributed by atoms with Crippen molar-refractivity contribution in [2.24, 2.45) is 0 Å². The van der Waals surface area contributed by atoms with Gasteiger partial charge in [-0.05, 0) is 61.9 Å². The van der Waals surface area contributed by atoms with E-state index in [1.807, 2.05) is 12.1 Å². The minimum absolute atomic E-state index is 0.0264. The first-order chi connectivity index (χ1) is 9.07. The van der Waals surface area contributed by atoms with Crippen LogP contribution in [0.25, 0.3) is 11.3 Å². The number of nitrogens with one attached hydrogen (secondary N) is 1. The molecule has 1 aliphatic rings. The van der Waals surface area contributed by atoms with Crippen molar-refractivity contribution in [2.75, 3.05) is 6.54 Å². The van der Waals surface area contributed by atoms with Gasteiger partial charge in [0.25, 0.3) is 0 Å². The monoisotopic (exact) mass is 276 g/mol. The first kappa shape index (κ1) is 12.6. The molecule has 1 N–H and O–H groups in total. The van der Waals surface area contributed by atoms with E-state index in [-0.39, 0.29) is 11.4 Å². The van der Waals surface area contributed by atoms with Crippen LogP contribution >= 0.6 is 11.6 Å². The van der Waals surface area contributed by atoms with Crippen LogP contribution in [0.1, 0.15) is 18.9 Å². The van der Waals surface area contributed by atoms with Gasteiger partial charge in [-0.3, -0.25) is 0 Å². The van der Waals surface area contributed by atoms with Gasteiger partial charge in [-0.25, -0.2) is 9.37 Å². The molecule has 0 radical (unpaired) electrons. The van der Waals surface area contributed by atoms with Crippen molar-refractivity contribution in [2.45, 2.75) is 18.9 Å². The Bertz CT molecular complexity index is 606. The molecule has 2 nitrogen and oxygen atoms in total. The number of rotatable bonds is 2. The standard InChI is InChI=1S/C15H14ClFN2/c1-15(6-7-18-15)11-8-13(19-14(16)9-11)10-2-4-12(17)5-3-10/h2-5,8-9,18H,6-7H2,1H3/t15-/m0/s1. The average Bonchev–Trinajstić information content (AvgIpc) is 2.36. The lowest BCUT2D eigenvalue weighted by molar-refractivity contribution is 0.237. The highest BCUT2D eigenvalue weighted by Gasteiger charge is 2.33. The molecule has 1 fully saturated rings. The second-order valence-corrected chi connectivity index (χ2v) is 5.47. The van der Waals surface area contributed by atoms with Crippen LogP contribution in [0.4, 0.5) is 4.39 Å². The highest BCUT2D eigenvalue weighted by Crippen LogP contribution is 2.33. The van der Waals surface area contributed by atoms with E-state index in [1.165, 1.54) is 12.1 Å². The summed E-state index contributed by atoms with van der Waals surface area (Å²) < 4.78 is 13.0. The maximum atomic E-state index is 13.0. The lowest BCUT2D eigenvalue weighted by Gasteiger charge is -2.40. The Morgan fingerprint density at radius 1 is 1.26 bits per heavy atom. The first-order valence-electron chi connectivity index (χ1n) is 6.26. The summed E-state index contributed by atoms with van der Waals surface area (Å²) in [7, 11) is 0. The number of nitrogens with zero attached hydrogens (tertiary/aromatic N) is 1. The lowest BCUT2D eigenvalue weighted by atomic mass is 9.83. The van der Waals surface area contributed by atoms with Crippen molar-refractivity contribution in [1.29, 1.82) is 0 Å². The van der Waals surface area contributed by atoms with E-state index in [2.05, 4.69) is 17.2 Å². The quantitative estimate of drug-likeness (QED) is 0.845. The van der Waals surface area contributed by atoms with E-state index in [0.29, 0.717) is 5.15 Å². The molecule has 3 rings (SSSR count). The molecule has 0 bridgehead atoms. The number of halogens is 2. The first-order valence-corrected chi connectivity index (χ1v) is 6.64. The lowest BCUT2D eigenvalue weighted by Crippen LogP contribution is -2.51. The summed E-state index contributed by atoms with van der Waals surface area (Å²) in [6.45, 7) is 3.17. The second kappa shape index (κ2) is 4.58. The van der Waals surface area contributed by atoms with Crippen LogP contribution in [0.2, 0.25) is 5.15 Å². The maximum Gasteiger partial charge on any atom is 0.130 e. The van der Waals surface area contributed by atoms with Crippen LogP contribution in [0.5, 0.6) is 0 Å². The molecule has 1 aromatic carbocycles. The van der Waals surface area contributed by atoms with Gasteiger partial charge in [-0.1, -0.05) is 11.6 Å². The molecule has 1 saturated heterocycles. The van der Waals surface area contributed by atoms with Crippen molar-refractivity contribution in [3.05, 3.63) is 52.9 Å². The fraction of sp³-hybridized carbons (Fsp3) is 0.267. The van der Waals surface area contributed by atoms with Gasteiger partial charge < -0.3 is 5.32 Å². The van der Waals surface area contributed by atoms with E-state index < -0.39 is 0 Å². The smallest absolute Gasteiger partial charge is 0.130 e. The van der Waals surface area contributed by atoms with Crippen molar-refractivity contribution in [3.63, 3.8) is 0 Å². The van der Waals surface area contributed by atoms with Gasteiger partial charge in [-0.15, -0.1) is 0 Å². The third-order valence-electron chi connectivity index (χ3n) is 3.71. The summed E-state index contributed by atoms with van der Waals surface area (Å²) in [6, 6.07) is 10.2. The summed E-state index contributed by atoms with van der Waals surface area (Å²) >= 11 is 6.11. The summed E-state index contributed by atoms with van der Waals surface area (Å²) in [6.07, 6.45) is 1.08. The fourth-order valence-electron chi connectivity index (χ4n) is 2.33. The van der Waals surface area contributed by atoms with E-state index in [0.717, 1.165) is 29.8 Å². The molecule has 0 amide bonds. The molecule has 0 aliphatic carbocycles. The summed E-state index contributed by atoms with van der Waals surface area (Å²) in [5, 5.41) is 3.87. The molecule has 0 unspecified atom stereocenters. The summed E-state index contributed by atoms with van der Waals surface area (Å²) in [5.74, 6) is -0.251. The molecule has 19 heavy (non-hydrogen) atoms. The van der Waals surface area contributed by atoms with Crippen molar-refractivity contribution < 1.29 is 4.39 Å². The average molecular weight is 277 g/mol. The second-order valence-electron chi connectivity index (χ2n) is 5.08. The maximum absolute atomic E-state index is 13.0. The van der Waals surface area contributed by atoms with Crippen molar-refractivity contribution >= 4 is 11.6 Å². The number of hydrogen-bond acceptors (Lipinski definition) is 2. The van der Waals surface area contributed by atoms with Gasteiger partial charge in [0.05, 0.1) is 5.69 Å². The largest absolute Gasteiger partial charge is 0.307 e. The number of pyridine rings is 1. The number of benzene rings is 1. The van der Waals surface area contributed by atoms with Crippen LogP contribution in [0.15, 0.2) is 36.4 Å². The van der Waals surface area contributed by atoms with Crippen molar-refractivity contribution in [1.82, 2.24) is 10.3 Å². The van der Waals surface area contributed by atoms with Crippen LogP contribution in [-0.4, -0.2) is 11.5 Å². The van der Waals surface area contributed by atoms with Crippen LogP contribution < -0.4 is 5.32 Å². The van der Waals surface area contributed by atoms with Gasteiger partial charge >= 0.3 is 0 Å². The highest BCUT2D eigenvalue weighted by molar-refractivity contribution is 6.29. The third kappa shape index (κ3) is 2.36. The van der Waals surface area contributed by atoms with E-state index in [4.69, 9.17) is 11.6 Å². The third-order valence-corrected chi connectivity index (χ3v) is 3.90. The fourth-order valence-corrected chi connectivity index (χ4v) is 2.54. The minimum atomic E-state index is -0.251.